The first-order chi connectivity index (χ1) is 31.6. The van der Waals surface area contributed by atoms with Crippen LogP contribution < -0.4 is 16.0 Å². The third-order valence-corrected chi connectivity index (χ3v) is 12.3. The number of carboxylic acids is 1. The predicted octanol–water partition coefficient (Wildman–Crippen LogP) is 2.91. The molecule has 2 aromatic rings. The molecule has 5 atom stereocenters. The molecule has 5 unspecified atom stereocenters. The normalized spacial score (nSPS) is 14.2. The number of carbonyl (C=O) groups excluding carboxylic acids is 8. The van der Waals surface area contributed by atoms with Crippen molar-refractivity contribution >= 4 is 53.4 Å². The van der Waals surface area contributed by atoms with Gasteiger partial charge in [-0.1, -0.05) is 76.2 Å². The van der Waals surface area contributed by atoms with E-state index in [9.17, 15) is 48.3 Å². The lowest BCUT2D eigenvalue weighted by Gasteiger charge is -2.36. The molecule has 0 saturated heterocycles. The van der Waals surface area contributed by atoms with Crippen LogP contribution in [0.4, 0.5) is 4.79 Å². The van der Waals surface area contributed by atoms with Crippen molar-refractivity contribution in [1.29, 1.82) is 0 Å². The highest BCUT2D eigenvalue weighted by Gasteiger charge is 2.40. The van der Waals surface area contributed by atoms with Gasteiger partial charge in [0.05, 0.1) is 13.0 Å². The lowest BCUT2D eigenvalue weighted by Crippen LogP contribution is -2.61. The van der Waals surface area contributed by atoms with Crippen molar-refractivity contribution in [2.75, 3.05) is 55.4 Å². The Kier molecular flexibility index (Phi) is 19.7. The van der Waals surface area contributed by atoms with Crippen LogP contribution in [-0.4, -0.2) is 174 Å². The number of nitrogens with zero attached hydrogens (tertiary/aromatic N) is 5. The highest BCUT2D eigenvalue weighted by Crippen LogP contribution is 2.44. The Morgan fingerprint density at radius 2 is 1.16 bits per heavy atom. The van der Waals surface area contributed by atoms with Gasteiger partial charge in [-0.05, 0) is 74.6 Å². The van der Waals surface area contributed by atoms with Gasteiger partial charge >= 0.3 is 12.1 Å². The summed E-state index contributed by atoms with van der Waals surface area (Å²) in [5.41, 5.74) is 2.62. The van der Waals surface area contributed by atoms with Crippen LogP contribution in [-0.2, 0) is 43.1 Å². The number of likely N-dealkylation sites (N-methyl/N-ethyl adjacent to an activating group) is 5. The Hall–Kier alpha value is -6.53. The van der Waals surface area contributed by atoms with Crippen molar-refractivity contribution in [1.82, 2.24) is 40.4 Å². The molecule has 19 nitrogen and oxygen atoms in total. The first kappa shape index (κ1) is 55.8. The number of hydrogen-bond donors (Lipinski definition) is 4. The molecule has 0 heterocycles. The molecule has 0 fully saturated rings. The van der Waals surface area contributed by atoms with E-state index in [4.69, 9.17) is 4.74 Å². The summed E-state index contributed by atoms with van der Waals surface area (Å²) >= 11 is 0. The molecule has 0 radical (unpaired) electrons. The van der Waals surface area contributed by atoms with Crippen molar-refractivity contribution in [2.45, 2.75) is 116 Å². The lowest BCUT2D eigenvalue weighted by molar-refractivity contribution is -0.151. The van der Waals surface area contributed by atoms with Crippen molar-refractivity contribution in [3.63, 3.8) is 0 Å². The van der Waals surface area contributed by atoms with Crippen LogP contribution in [0.15, 0.2) is 48.5 Å². The van der Waals surface area contributed by atoms with Crippen molar-refractivity contribution < 1.29 is 53.0 Å². The number of carbonyl (C=O) groups is 9. The Balaban J connectivity index is 1.66. The van der Waals surface area contributed by atoms with Gasteiger partial charge < -0.3 is 45.4 Å². The minimum atomic E-state index is -1.62. The van der Waals surface area contributed by atoms with Gasteiger partial charge in [0.25, 0.3) is 0 Å². The number of carboxylic acid groups (broad SMARTS) is 1. The number of benzene rings is 2. The number of ether oxygens (including phenoxy) is 1. The van der Waals surface area contributed by atoms with Crippen LogP contribution >= 0.6 is 0 Å². The van der Waals surface area contributed by atoms with E-state index in [1.165, 1.54) is 79.8 Å². The monoisotopic (exact) mass is 949 g/mol. The molecule has 0 spiro atoms. The van der Waals surface area contributed by atoms with E-state index in [0.29, 0.717) is 0 Å². The molecule has 0 aromatic heterocycles. The third-order valence-electron chi connectivity index (χ3n) is 12.3. The maximum Gasteiger partial charge on any atom is 0.410 e. The van der Waals surface area contributed by atoms with Crippen molar-refractivity contribution in [3.05, 3.63) is 59.7 Å². The highest BCUT2D eigenvalue weighted by molar-refractivity contribution is 5.98. The standard InChI is InChI=1S/C49H72N8O11/c1-28(2)23-37(51-43(62)31(6)55(12)48(67)68-27-36-34-21-17-15-19-32(34)33-20-16-18-22-35(33)36)44(63)56(13)38(24-29(3)4)46(65)54(11)30(5)42(61)50-26-40(58)52-49(7,8)47(66)57(14)39(25-41(59)60)45(64)53(9)10/h15-22,28-31,36-39H,23-27H2,1-14H3,(H,50,61)(H,51,62)(H,52,58)(H,59,60). The predicted molar refractivity (Wildman–Crippen MR) is 255 cm³/mol. The summed E-state index contributed by atoms with van der Waals surface area (Å²) in [5.74, 6) is -6.23. The van der Waals surface area contributed by atoms with E-state index in [1.54, 1.807) is 0 Å². The van der Waals surface area contributed by atoms with Gasteiger partial charge in [-0.3, -0.25) is 43.3 Å². The molecule has 4 N–H and O–H groups in total. The maximum absolute atomic E-state index is 14.3. The molecule has 3 rings (SSSR count). The quantitative estimate of drug-likeness (QED) is 0.134. The van der Waals surface area contributed by atoms with E-state index in [-0.39, 0.29) is 37.2 Å². The average Bonchev–Trinajstić information content (AvgIpc) is 3.60. The van der Waals surface area contributed by atoms with Crippen LogP contribution in [0.5, 0.6) is 0 Å². The number of nitrogens with one attached hydrogen (secondary N) is 3. The number of fused-ring (bicyclic) bond motifs is 3. The molecule has 2 aromatic carbocycles. The smallest absolute Gasteiger partial charge is 0.410 e. The maximum atomic E-state index is 14.3. The zero-order valence-corrected chi connectivity index (χ0v) is 42.0. The largest absolute Gasteiger partial charge is 0.481 e. The average molecular weight is 949 g/mol. The molecule has 0 saturated carbocycles. The summed E-state index contributed by atoms with van der Waals surface area (Å²) in [5, 5.41) is 17.1. The lowest BCUT2D eigenvalue weighted by atomic mass is 9.98. The molecular weight excluding hydrogens is 877 g/mol. The van der Waals surface area contributed by atoms with E-state index in [1.807, 2.05) is 76.2 Å². The number of amides is 8. The van der Waals surface area contributed by atoms with Gasteiger partial charge in [0.2, 0.25) is 41.4 Å². The zero-order chi connectivity index (χ0) is 51.5. The summed E-state index contributed by atoms with van der Waals surface area (Å²) in [6, 6.07) is 10.2. The van der Waals surface area contributed by atoms with Gasteiger partial charge in [0, 0.05) is 48.2 Å². The Morgan fingerprint density at radius 3 is 1.66 bits per heavy atom. The summed E-state index contributed by atoms with van der Waals surface area (Å²) in [6.45, 7) is 12.7. The SMILES string of the molecule is CC(C)CC(NC(=O)C(C)N(C)C(=O)OCC1c2ccccc2-c2ccccc21)C(=O)N(C)C(CC(C)C)C(=O)N(C)C(C)C(=O)NCC(=O)NC(C)(C)C(=O)N(C)C(CC(=O)O)C(=O)N(C)C. The van der Waals surface area contributed by atoms with Crippen molar-refractivity contribution in [3.8, 4) is 11.1 Å². The van der Waals surface area contributed by atoms with Gasteiger partial charge in [0.15, 0.2) is 0 Å². The Bertz CT molecular complexity index is 2150. The molecule has 0 aliphatic heterocycles. The first-order valence-electron chi connectivity index (χ1n) is 22.8. The summed E-state index contributed by atoms with van der Waals surface area (Å²) < 4.78 is 5.77. The molecule has 1 aliphatic carbocycles. The fraction of sp³-hybridized carbons (Fsp3) is 0.571. The second-order valence-electron chi connectivity index (χ2n) is 19.2. The van der Waals surface area contributed by atoms with Crippen LogP contribution in [0.25, 0.3) is 11.1 Å². The van der Waals surface area contributed by atoms with E-state index >= 15 is 0 Å². The van der Waals surface area contributed by atoms with E-state index < -0.39 is 102 Å². The fourth-order valence-corrected chi connectivity index (χ4v) is 8.08. The van der Waals surface area contributed by atoms with E-state index in [2.05, 4.69) is 16.0 Å². The van der Waals surface area contributed by atoms with Gasteiger partial charge in [-0.25, -0.2) is 4.79 Å². The third kappa shape index (κ3) is 14.0. The molecule has 68 heavy (non-hydrogen) atoms. The van der Waals surface area contributed by atoms with Gasteiger partial charge in [0.1, 0.15) is 42.4 Å². The molecule has 19 heteroatoms. The molecule has 8 amide bonds. The first-order valence-corrected chi connectivity index (χ1v) is 22.8. The van der Waals surface area contributed by atoms with Crippen LogP contribution in [0.3, 0.4) is 0 Å². The molecular formula is C49H72N8O11. The summed E-state index contributed by atoms with van der Waals surface area (Å²) in [6.07, 6.45) is -0.959. The minimum Gasteiger partial charge on any atom is -0.481 e. The zero-order valence-electron chi connectivity index (χ0n) is 42.0. The molecule has 0 bridgehead atoms. The fourth-order valence-electron chi connectivity index (χ4n) is 8.08. The van der Waals surface area contributed by atoms with Crippen LogP contribution in [0.1, 0.15) is 91.7 Å². The molecule has 1 aliphatic rings. The second-order valence-corrected chi connectivity index (χ2v) is 19.2. The Morgan fingerprint density at radius 1 is 0.647 bits per heavy atom. The number of rotatable bonds is 22. The van der Waals surface area contributed by atoms with Gasteiger partial charge in [-0.2, -0.15) is 0 Å². The summed E-state index contributed by atoms with van der Waals surface area (Å²) in [4.78, 5) is 125. The topological polar surface area (TPSA) is 235 Å². The molecule has 374 valence electrons. The van der Waals surface area contributed by atoms with E-state index in [0.717, 1.165) is 37.0 Å². The minimum absolute atomic E-state index is 0.0559. The number of aliphatic carboxylic acids is 1. The second kappa shape index (κ2) is 24.0. The van der Waals surface area contributed by atoms with Crippen molar-refractivity contribution in [2.24, 2.45) is 11.8 Å². The highest BCUT2D eigenvalue weighted by atomic mass is 16.6. The Labute approximate surface area is 400 Å². The number of hydrogen-bond acceptors (Lipinski definition) is 10. The summed E-state index contributed by atoms with van der Waals surface area (Å²) in [7, 11) is 8.41. The van der Waals surface area contributed by atoms with Gasteiger partial charge in [-0.15, -0.1) is 0 Å². The van der Waals surface area contributed by atoms with Crippen LogP contribution in [0, 0.1) is 11.8 Å². The van der Waals surface area contributed by atoms with Crippen LogP contribution in [0.2, 0.25) is 0 Å².